The lowest BCUT2D eigenvalue weighted by Gasteiger charge is -2.19. The van der Waals surface area contributed by atoms with E-state index < -0.39 is 6.10 Å². The Morgan fingerprint density at radius 1 is 1.11 bits per heavy atom. The van der Waals surface area contributed by atoms with Crippen molar-refractivity contribution in [2.24, 2.45) is 5.92 Å². The first-order chi connectivity index (χ1) is 8.60. The van der Waals surface area contributed by atoms with Crippen LogP contribution in [-0.4, -0.2) is 50.2 Å². The minimum absolute atomic E-state index is 0.371. The molecule has 0 aromatic rings. The number of rotatable bonds is 12. The molecule has 0 radical (unpaired) electrons. The average molecular weight is 261 g/mol. The van der Waals surface area contributed by atoms with Gasteiger partial charge in [-0.05, 0) is 26.2 Å². The number of hydrogen-bond acceptors (Lipinski definition) is 4. The quantitative estimate of drug-likeness (QED) is 0.526. The molecule has 0 heterocycles. The fourth-order valence-corrected chi connectivity index (χ4v) is 1.73. The van der Waals surface area contributed by atoms with Crippen LogP contribution in [-0.2, 0) is 9.47 Å². The van der Waals surface area contributed by atoms with Crippen LogP contribution in [0.3, 0.4) is 0 Å². The number of nitrogens with one attached hydrogen (secondary N) is 1. The first-order valence-corrected chi connectivity index (χ1v) is 7.17. The predicted molar refractivity (Wildman–Crippen MR) is 74.9 cm³/mol. The summed E-state index contributed by atoms with van der Waals surface area (Å²) in [5, 5.41) is 13.1. The fourth-order valence-electron chi connectivity index (χ4n) is 1.73. The SMILES string of the molecule is CCOCCOCC(O)CNC(C)CC(C)CC. The van der Waals surface area contributed by atoms with Gasteiger partial charge in [0.25, 0.3) is 0 Å². The van der Waals surface area contributed by atoms with Gasteiger partial charge in [0, 0.05) is 19.2 Å². The Labute approximate surface area is 112 Å². The molecule has 3 atom stereocenters. The third-order valence-electron chi connectivity index (χ3n) is 3.04. The molecule has 0 aliphatic carbocycles. The van der Waals surface area contributed by atoms with Crippen LogP contribution < -0.4 is 5.32 Å². The summed E-state index contributed by atoms with van der Waals surface area (Å²) in [5.74, 6) is 0.729. The van der Waals surface area contributed by atoms with Gasteiger partial charge in [0.15, 0.2) is 0 Å². The molecule has 0 amide bonds. The summed E-state index contributed by atoms with van der Waals surface area (Å²) in [7, 11) is 0. The minimum Gasteiger partial charge on any atom is -0.389 e. The van der Waals surface area contributed by atoms with Gasteiger partial charge < -0.3 is 19.9 Å². The maximum Gasteiger partial charge on any atom is 0.0897 e. The maximum absolute atomic E-state index is 9.72. The number of ether oxygens (including phenoxy) is 2. The summed E-state index contributed by atoms with van der Waals surface area (Å²) in [4.78, 5) is 0. The molecule has 2 N–H and O–H groups in total. The van der Waals surface area contributed by atoms with Crippen molar-refractivity contribution in [2.45, 2.75) is 52.7 Å². The van der Waals surface area contributed by atoms with Gasteiger partial charge in [-0.3, -0.25) is 0 Å². The molecule has 4 nitrogen and oxygen atoms in total. The zero-order chi connectivity index (χ0) is 13.8. The number of aliphatic hydroxyl groups is 1. The molecule has 0 saturated carbocycles. The molecule has 18 heavy (non-hydrogen) atoms. The van der Waals surface area contributed by atoms with Gasteiger partial charge in [-0.1, -0.05) is 20.3 Å². The van der Waals surface area contributed by atoms with Crippen LogP contribution in [0, 0.1) is 5.92 Å². The molecule has 0 saturated heterocycles. The van der Waals surface area contributed by atoms with Gasteiger partial charge in [0.05, 0.1) is 25.9 Å². The first kappa shape index (κ1) is 17.8. The Bertz CT molecular complexity index is 178. The van der Waals surface area contributed by atoms with E-state index in [2.05, 4.69) is 26.1 Å². The minimum atomic E-state index is -0.439. The second-order valence-electron chi connectivity index (χ2n) is 4.98. The molecule has 0 spiro atoms. The molecular weight excluding hydrogens is 230 g/mol. The van der Waals surface area contributed by atoms with Crippen molar-refractivity contribution in [1.82, 2.24) is 5.32 Å². The van der Waals surface area contributed by atoms with E-state index >= 15 is 0 Å². The topological polar surface area (TPSA) is 50.7 Å². The Morgan fingerprint density at radius 3 is 2.39 bits per heavy atom. The second-order valence-corrected chi connectivity index (χ2v) is 4.98. The van der Waals surface area contributed by atoms with Crippen LogP contribution in [0.1, 0.15) is 40.5 Å². The summed E-state index contributed by atoms with van der Waals surface area (Å²) >= 11 is 0. The van der Waals surface area contributed by atoms with Gasteiger partial charge >= 0.3 is 0 Å². The lowest BCUT2D eigenvalue weighted by Crippen LogP contribution is -2.36. The number of aliphatic hydroxyl groups excluding tert-OH is 1. The van der Waals surface area contributed by atoms with Gasteiger partial charge in [0.1, 0.15) is 0 Å². The molecule has 4 heteroatoms. The van der Waals surface area contributed by atoms with Crippen molar-refractivity contribution in [2.75, 3.05) is 33.0 Å². The van der Waals surface area contributed by atoms with Crippen molar-refractivity contribution in [1.29, 1.82) is 0 Å². The van der Waals surface area contributed by atoms with E-state index in [0.717, 1.165) is 12.3 Å². The Balaban J connectivity index is 3.42. The van der Waals surface area contributed by atoms with E-state index in [1.54, 1.807) is 0 Å². The summed E-state index contributed by atoms with van der Waals surface area (Å²) in [5.41, 5.74) is 0. The highest BCUT2D eigenvalue weighted by Gasteiger charge is 2.09. The molecule has 0 bridgehead atoms. The van der Waals surface area contributed by atoms with E-state index in [1.807, 2.05) is 6.92 Å². The van der Waals surface area contributed by atoms with Crippen molar-refractivity contribution in [3.05, 3.63) is 0 Å². The molecule has 0 aliphatic rings. The van der Waals surface area contributed by atoms with Crippen LogP contribution in [0.5, 0.6) is 0 Å². The van der Waals surface area contributed by atoms with Crippen LogP contribution in [0.4, 0.5) is 0 Å². The van der Waals surface area contributed by atoms with Crippen LogP contribution >= 0.6 is 0 Å². The summed E-state index contributed by atoms with van der Waals surface area (Å²) < 4.78 is 10.5. The lowest BCUT2D eigenvalue weighted by atomic mass is 10.0. The third-order valence-corrected chi connectivity index (χ3v) is 3.04. The highest BCUT2D eigenvalue weighted by molar-refractivity contribution is 4.67. The maximum atomic E-state index is 9.72. The molecule has 110 valence electrons. The van der Waals surface area contributed by atoms with E-state index in [0.29, 0.717) is 39.0 Å². The van der Waals surface area contributed by atoms with Gasteiger partial charge in [-0.15, -0.1) is 0 Å². The van der Waals surface area contributed by atoms with Gasteiger partial charge in [-0.25, -0.2) is 0 Å². The van der Waals surface area contributed by atoms with Crippen LogP contribution in [0.25, 0.3) is 0 Å². The molecule has 0 aromatic heterocycles. The Hall–Kier alpha value is -0.160. The van der Waals surface area contributed by atoms with E-state index in [4.69, 9.17) is 9.47 Å². The highest BCUT2D eigenvalue weighted by atomic mass is 16.5. The van der Waals surface area contributed by atoms with Gasteiger partial charge in [0.2, 0.25) is 0 Å². The molecule has 0 aliphatic heterocycles. The lowest BCUT2D eigenvalue weighted by molar-refractivity contribution is 0.00570. The smallest absolute Gasteiger partial charge is 0.0897 e. The fraction of sp³-hybridized carbons (Fsp3) is 1.00. The third kappa shape index (κ3) is 11.0. The molecule has 0 fully saturated rings. The molecule has 0 rings (SSSR count). The standard InChI is InChI=1S/C14H31NO3/c1-5-12(3)9-13(4)15-10-14(16)11-18-8-7-17-6-2/h12-16H,5-11H2,1-4H3. The highest BCUT2D eigenvalue weighted by Crippen LogP contribution is 2.09. The molecule has 0 aromatic carbocycles. The van der Waals surface area contributed by atoms with Crippen LogP contribution in [0.15, 0.2) is 0 Å². The summed E-state index contributed by atoms with van der Waals surface area (Å²) in [6.45, 7) is 11.4. The summed E-state index contributed by atoms with van der Waals surface area (Å²) in [6.07, 6.45) is 1.91. The number of hydrogen-bond donors (Lipinski definition) is 2. The summed E-state index contributed by atoms with van der Waals surface area (Å²) in [6, 6.07) is 0.443. The second kappa shape index (κ2) is 11.9. The normalized spacial score (nSPS) is 16.5. The van der Waals surface area contributed by atoms with Crippen molar-refractivity contribution in [3.63, 3.8) is 0 Å². The van der Waals surface area contributed by atoms with Crippen molar-refractivity contribution >= 4 is 0 Å². The zero-order valence-electron chi connectivity index (χ0n) is 12.4. The largest absolute Gasteiger partial charge is 0.389 e. The Morgan fingerprint density at radius 2 is 1.78 bits per heavy atom. The predicted octanol–water partition coefficient (Wildman–Crippen LogP) is 1.81. The van der Waals surface area contributed by atoms with E-state index in [1.165, 1.54) is 6.42 Å². The van der Waals surface area contributed by atoms with Crippen LogP contribution in [0.2, 0.25) is 0 Å². The van der Waals surface area contributed by atoms with E-state index in [-0.39, 0.29) is 0 Å². The Kier molecular flexibility index (Phi) is 11.8. The molecular formula is C14H31NO3. The van der Waals surface area contributed by atoms with Crippen molar-refractivity contribution in [3.8, 4) is 0 Å². The monoisotopic (exact) mass is 261 g/mol. The molecule has 3 unspecified atom stereocenters. The van der Waals surface area contributed by atoms with Crippen molar-refractivity contribution < 1.29 is 14.6 Å². The average Bonchev–Trinajstić information content (AvgIpc) is 2.36. The van der Waals surface area contributed by atoms with Gasteiger partial charge in [-0.2, -0.15) is 0 Å². The first-order valence-electron chi connectivity index (χ1n) is 7.17. The van der Waals surface area contributed by atoms with E-state index in [9.17, 15) is 5.11 Å². The zero-order valence-corrected chi connectivity index (χ0v) is 12.4.